The van der Waals surface area contributed by atoms with Crippen molar-refractivity contribution in [1.29, 1.82) is 0 Å². The molecule has 0 saturated heterocycles. The highest BCUT2D eigenvalue weighted by atomic mass is 16.5. The molecule has 0 saturated carbocycles. The van der Waals surface area contributed by atoms with E-state index in [0.717, 1.165) is 33.9 Å². The van der Waals surface area contributed by atoms with Gasteiger partial charge >= 0.3 is 0 Å². The second-order valence-electron chi connectivity index (χ2n) is 6.85. The molecule has 0 unspecified atom stereocenters. The van der Waals surface area contributed by atoms with Crippen LogP contribution < -0.4 is 0 Å². The Morgan fingerprint density at radius 3 is 2.65 bits per heavy atom. The molecule has 3 heterocycles. The Morgan fingerprint density at radius 1 is 0.846 bits per heavy atom. The van der Waals surface area contributed by atoms with Gasteiger partial charge in [0.15, 0.2) is 0 Å². The van der Waals surface area contributed by atoms with Gasteiger partial charge in [0.1, 0.15) is 17.8 Å². The molecule has 2 atom stereocenters. The lowest BCUT2D eigenvalue weighted by Gasteiger charge is -2.09. The molecule has 4 heteroatoms. The quantitative estimate of drug-likeness (QED) is 0.489. The molecule has 0 amide bonds. The number of aliphatic imine (C=N–C) groups is 1. The zero-order chi connectivity index (χ0) is 17.1. The third-order valence-electron chi connectivity index (χ3n) is 5.32. The summed E-state index contributed by atoms with van der Waals surface area (Å²) < 4.78 is 6.18. The smallest absolute Gasteiger partial charge is 0.236 e. The Morgan fingerprint density at radius 2 is 1.69 bits per heavy atom. The Hall–Kier alpha value is -3.27. The predicted octanol–water partition coefficient (Wildman–Crippen LogP) is 4.23. The van der Waals surface area contributed by atoms with E-state index in [1.54, 1.807) is 6.20 Å². The van der Waals surface area contributed by atoms with Gasteiger partial charge < -0.3 is 4.74 Å². The Bertz CT molecular complexity index is 1210. The molecule has 2 aromatic heterocycles. The maximum atomic E-state index is 6.18. The van der Waals surface area contributed by atoms with Crippen LogP contribution in [-0.2, 0) is 11.2 Å². The van der Waals surface area contributed by atoms with E-state index in [-0.39, 0.29) is 12.1 Å². The number of pyridine rings is 2. The van der Waals surface area contributed by atoms with Crippen molar-refractivity contribution in [3.8, 4) is 0 Å². The summed E-state index contributed by atoms with van der Waals surface area (Å²) in [6.07, 6.45) is 2.80. The van der Waals surface area contributed by atoms with Gasteiger partial charge in [0.05, 0.1) is 11.0 Å². The van der Waals surface area contributed by atoms with Crippen LogP contribution in [0.25, 0.3) is 21.8 Å². The minimum Gasteiger partial charge on any atom is -0.470 e. The first-order valence-electron chi connectivity index (χ1n) is 8.84. The molecule has 26 heavy (non-hydrogen) atoms. The maximum Gasteiger partial charge on any atom is 0.236 e. The molecule has 4 aromatic rings. The molecule has 0 N–H and O–H groups in total. The van der Waals surface area contributed by atoms with Crippen LogP contribution in [0.1, 0.15) is 22.9 Å². The highest BCUT2D eigenvalue weighted by Gasteiger charge is 2.39. The lowest BCUT2D eigenvalue weighted by molar-refractivity contribution is 0.206. The van der Waals surface area contributed by atoms with Crippen LogP contribution in [0, 0.1) is 0 Å². The van der Waals surface area contributed by atoms with Gasteiger partial charge in [0.25, 0.3) is 0 Å². The van der Waals surface area contributed by atoms with Gasteiger partial charge in [0.2, 0.25) is 5.90 Å². The third-order valence-corrected chi connectivity index (χ3v) is 5.32. The standard InChI is InChI=1S/C22H15N3O/c1-2-6-16-15(4-1)12-18-21(16)25-22(26-18)17-10-9-14-8-7-13-5-3-11-23-19(13)20(14)24-17/h1-11,18,21H,12H2/t18-,21+/m1/s1. The third kappa shape index (κ3) is 1.93. The molecular formula is C22H15N3O. The van der Waals surface area contributed by atoms with E-state index in [1.165, 1.54) is 11.1 Å². The predicted molar refractivity (Wildman–Crippen MR) is 101 cm³/mol. The number of benzene rings is 2. The van der Waals surface area contributed by atoms with E-state index in [0.29, 0.717) is 5.90 Å². The molecule has 0 bridgehead atoms. The molecule has 1 aliphatic carbocycles. The van der Waals surface area contributed by atoms with E-state index in [9.17, 15) is 0 Å². The number of nitrogens with zero attached hydrogens (tertiary/aromatic N) is 3. The van der Waals surface area contributed by atoms with E-state index in [1.807, 2.05) is 12.1 Å². The topological polar surface area (TPSA) is 47.4 Å². The summed E-state index contributed by atoms with van der Waals surface area (Å²) >= 11 is 0. The van der Waals surface area contributed by atoms with Gasteiger partial charge in [-0.15, -0.1) is 0 Å². The average molecular weight is 337 g/mol. The fourth-order valence-electron chi connectivity index (χ4n) is 4.07. The normalized spacial score (nSPS) is 20.7. The zero-order valence-electron chi connectivity index (χ0n) is 14.0. The second-order valence-corrected chi connectivity index (χ2v) is 6.85. The second kappa shape index (κ2) is 5.11. The van der Waals surface area contributed by atoms with Crippen LogP contribution in [0.4, 0.5) is 0 Å². The van der Waals surface area contributed by atoms with Crippen molar-refractivity contribution in [2.24, 2.45) is 4.99 Å². The van der Waals surface area contributed by atoms with Gasteiger partial charge in [-0.1, -0.05) is 48.5 Å². The van der Waals surface area contributed by atoms with Crippen LogP contribution in [-0.4, -0.2) is 22.0 Å². The van der Waals surface area contributed by atoms with Crippen molar-refractivity contribution in [3.05, 3.63) is 83.7 Å². The monoisotopic (exact) mass is 337 g/mol. The van der Waals surface area contributed by atoms with Crippen molar-refractivity contribution in [1.82, 2.24) is 9.97 Å². The molecule has 2 aromatic carbocycles. The first-order chi connectivity index (χ1) is 12.9. The molecule has 0 radical (unpaired) electrons. The van der Waals surface area contributed by atoms with Crippen molar-refractivity contribution >= 4 is 27.7 Å². The Labute approximate surface area is 150 Å². The molecular weight excluding hydrogens is 322 g/mol. The lowest BCUT2D eigenvalue weighted by atomic mass is 10.1. The SMILES string of the molecule is c1ccc2c(c1)C[C@H]1OC(c3ccc4ccc5cccnc5c4n3)=N[C@@H]21. The van der Waals surface area contributed by atoms with Crippen molar-refractivity contribution in [2.75, 3.05) is 0 Å². The summed E-state index contributed by atoms with van der Waals surface area (Å²) in [6, 6.07) is 20.8. The van der Waals surface area contributed by atoms with Crippen molar-refractivity contribution in [2.45, 2.75) is 18.6 Å². The molecule has 124 valence electrons. The van der Waals surface area contributed by atoms with Gasteiger partial charge in [-0.25, -0.2) is 9.98 Å². The average Bonchev–Trinajstić information content (AvgIpc) is 3.25. The summed E-state index contributed by atoms with van der Waals surface area (Å²) in [5, 5.41) is 2.16. The van der Waals surface area contributed by atoms with Crippen LogP contribution in [0.2, 0.25) is 0 Å². The molecule has 0 spiro atoms. The minimum absolute atomic E-state index is 0.0874. The fourth-order valence-corrected chi connectivity index (χ4v) is 4.07. The summed E-state index contributed by atoms with van der Waals surface area (Å²) in [5.41, 5.74) is 5.20. The van der Waals surface area contributed by atoms with Crippen LogP contribution in [0.3, 0.4) is 0 Å². The van der Waals surface area contributed by atoms with Crippen LogP contribution in [0.5, 0.6) is 0 Å². The summed E-state index contributed by atoms with van der Waals surface area (Å²) in [6.45, 7) is 0. The number of rotatable bonds is 1. The summed E-state index contributed by atoms with van der Waals surface area (Å²) in [4.78, 5) is 14.2. The molecule has 6 rings (SSSR count). The van der Waals surface area contributed by atoms with Crippen LogP contribution >= 0.6 is 0 Å². The highest BCUT2D eigenvalue weighted by molar-refractivity contribution is 6.04. The van der Waals surface area contributed by atoms with Gasteiger partial charge in [-0.05, 0) is 23.3 Å². The van der Waals surface area contributed by atoms with E-state index in [2.05, 4.69) is 53.5 Å². The minimum atomic E-state index is 0.0874. The van der Waals surface area contributed by atoms with E-state index >= 15 is 0 Å². The lowest BCUT2D eigenvalue weighted by Crippen LogP contribution is -2.14. The maximum absolute atomic E-state index is 6.18. The largest absolute Gasteiger partial charge is 0.470 e. The van der Waals surface area contributed by atoms with E-state index < -0.39 is 0 Å². The summed E-state index contributed by atoms with van der Waals surface area (Å²) in [7, 11) is 0. The Kier molecular flexibility index (Phi) is 2.75. The van der Waals surface area contributed by atoms with E-state index in [4.69, 9.17) is 14.7 Å². The van der Waals surface area contributed by atoms with Gasteiger partial charge in [0, 0.05) is 23.4 Å². The van der Waals surface area contributed by atoms with Gasteiger partial charge in [-0.3, -0.25) is 4.98 Å². The van der Waals surface area contributed by atoms with Crippen molar-refractivity contribution in [3.63, 3.8) is 0 Å². The number of hydrogen-bond acceptors (Lipinski definition) is 4. The first kappa shape index (κ1) is 14.0. The van der Waals surface area contributed by atoms with Crippen LogP contribution in [0.15, 0.2) is 71.9 Å². The summed E-state index contributed by atoms with van der Waals surface area (Å²) in [5.74, 6) is 0.643. The molecule has 1 aliphatic heterocycles. The highest BCUT2D eigenvalue weighted by Crippen LogP contribution is 2.40. The number of aromatic nitrogens is 2. The molecule has 0 fully saturated rings. The first-order valence-corrected chi connectivity index (χ1v) is 8.84. The van der Waals surface area contributed by atoms with Gasteiger partial charge in [-0.2, -0.15) is 0 Å². The zero-order valence-corrected chi connectivity index (χ0v) is 14.0. The fraction of sp³-hybridized carbons (Fsp3) is 0.136. The number of hydrogen-bond donors (Lipinski definition) is 0. The van der Waals surface area contributed by atoms with Crippen molar-refractivity contribution < 1.29 is 4.74 Å². The molecule has 2 aliphatic rings. The number of fused-ring (bicyclic) bond motifs is 6. The Balaban J connectivity index is 1.48. The number of ether oxygens (including phenoxy) is 1. The molecule has 4 nitrogen and oxygen atoms in total.